The molecular weight excluding hydrogens is 425 g/mol. The Bertz CT molecular complexity index is 1130. The predicted molar refractivity (Wildman–Crippen MR) is 121 cm³/mol. The Morgan fingerprint density at radius 1 is 1.09 bits per heavy atom. The second kappa shape index (κ2) is 9.66. The van der Waals surface area contributed by atoms with Crippen LogP contribution in [0, 0.1) is 5.95 Å². The van der Waals surface area contributed by atoms with Gasteiger partial charge in [-0.2, -0.15) is 4.39 Å². The van der Waals surface area contributed by atoms with Gasteiger partial charge in [-0.25, -0.2) is 9.97 Å². The minimum atomic E-state index is -0.658. The number of pyridine rings is 1. The molecule has 1 amide bonds. The molecule has 1 aromatic carbocycles. The lowest BCUT2D eigenvalue weighted by atomic mass is 9.92. The fourth-order valence-corrected chi connectivity index (χ4v) is 4.42. The zero-order valence-corrected chi connectivity index (χ0v) is 18.2. The van der Waals surface area contributed by atoms with Crippen molar-refractivity contribution in [1.82, 2.24) is 20.3 Å². The van der Waals surface area contributed by atoms with E-state index in [9.17, 15) is 9.18 Å². The summed E-state index contributed by atoms with van der Waals surface area (Å²) in [5.74, 6) is -0.272. The molecule has 0 radical (unpaired) electrons. The third-order valence-corrected chi connectivity index (χ3v) is 6.15. The number of nitrogens with zero attached hydrogens (tertiary/aromatic N) is 4. The Hall–Kier alpha value is -3.33. The normalized spacial score (nSPS) is 21.1. The molecule has 8 nitrogen and oxygen atoms in total. The lowest BCUT2D eigenvalue weighted by molar-refractivity contribution is 0.0889. The quantitative estimate of drug-likeness (QED) is 0.596. The standard InChI is InChI=1S/C24H26FN5O3/c25-22-3-1-2-19(29-22)24(31)28-16-4-6-18(7-5-16)33-21-15-17(30-10-12-32-13-11-30)14-20-23(21)27-9-8-26-20/h1-3,8-9,14-16,18H,4-7,10-13H2,(H,28,31). The highest BCUT2D eigenvalue weighted by Crippen LogP contribution is 2.33. The summed E-state index contributed by atoms with van der Waals surface area (Å²) in [4.78, 5) is 27.3. The smallest absolute Gasteiger partial charge is 0.270 e. The summed E-state index contributed by atoms with van der Waals surface area (Å²) >= 11 is 0. The average Bonchev–Trinajstić information content (AvgIpc) is 2.85. The van der Waals surface area contributed by atoms with Crippen molar-refractivity contribution >= 4 is 22.6 Å². The highest BCUT2D eigenvalue weighted by molar-refractivity contribution is 5.92. The molecule has 1 aliphatic carbocycles. The van der Waals surface area contributed by atoms with Crippen molar-refractivity contribution in [2.75, 3.05) is 31.2 Å². The minimum Gasteiger partial charge on any atom is -0.488 e. The summed E-state index contributed by atoms with van der Waals surface area (Å²) in [6.07, 6.45) is 6.54. The van der Waals surface area contributed by atoms with Crippen LogP contribution in [0.25, 0.3) is 11.0 Å². The van der Waals surface area contributed by atoms with E-state index in [0.29, 0.717) is 13.2 Å². The van der Waals surface area contributed by atoms with E-state index in [1.54, 1.807) is 12.4 Å². The SMILES string of the molecule is O=C(NC1CCC(Oc2cc(N3CCOCC3)cc3nccnc23)CC1)c1cccc(F)n1. The molecule has 2 aromatic heterocycles. The summed E-state index contributed by atoms with van der Waals surface area (Å²) in [6.45, 7) is 3.07. The Morgan fingerprint density at radius 2 is 1.88 bits per heavy atom. The number of hydrogen-bond donors (Lipinski definition) is 1. The molecule has 3 heterocycles. The van der Waals surface area contributed by atoms with Crippen molar-refractivity contribution in [2.24, 2.45) is 0 Å². The molecular formula is C24H26FN5O3. The largest absolute Gasteiger partial charge is 0.488 e. The summed E-state index contributed by atoms with van der Waals surface area (Å²) in [7, 11) is 0. The molecule has 0 spiro atoms. The number of aromatic nitrogens is 3. The van der Waals surface area contributed by atoms with Crippen molar-refractivity contribution < 1.29 is 18.7 Å². The second-order valence-corrected chi connectivity index (χ2v) is 8.38. The number of halogens is 1. The Balaban J connectivity index is 1.25. The number of morpholine rings is 1. The van der Waals surface area contributed by atoms with E-state index in [2.05, 4.69) is 25.2 Å². The molecule has 1 saturated carbocycles. The van der Waals surface area contributed by atoms with Gasteiger partial charge in [0.2, 0.25) is 5.95 Å². The van der Waals surface area contributed by atoms with Crippen LogP contribution in [-0.2, 0) is 4.74 Å². The van der Waals surface area contributed by atoms with Gasteiger partial charge in [-0.05, 0) is 43.9 Å². The molecule has 9 heteroatoms. The summed E-state index contributed by atoms with van der Waals surface area (Å²) < 4.78 is 25.2. The molecule has 0 unspecified atom stereocenters. The number of anilines is 1. The van der Waals surface area contributed by atoms with E-state index in [4.69, 9.17) is 9.47 Å². The number of rotatable bonds is 5. The Morgan fingerprint density at radius 3 is 2.67 bits per heavy atom. The number of benzene rings is 1. The molecule has 3 aromatic rings. The molecule has 33 heavy (non-hydrogen) atoms. The second-order valence-electron chi connectivity index (χ2n) is 8.38. The predicted octanol–water partition coefficient (Wildman–Crippen LogP) is 3.12. The summed E-state index contributed by atoms with van der Waals surface area (Å²) in [5, 5.41) is 2.96. The molecule has 5 rings (SSSR count). The third kappa shape index (κ3) is 5.03. The first-order valence-corrected chi connectivity index (χ1v) is 11.3. The number of fused-ring (bicyclic) bond motifs is 1. The highest BCUT2D eigenvalue weighted by atomic mass is 19.1. The number of carbonyl (C=O) groups is 1. The number of nitrogens with one attached hydrogen (secondary N) is 1. The topological polar surface area (TPSA) is 89.5 Å². The van der Waals surface area contributed by atoms with Gasteiger partial charge in [-0.3, -0.25) is 9.78 Å². The maximum absolute atomic E-state index is 13.3. The van der Waals surface area contributed by atoms with Crippen LogP contribution in [0.1, 0.15) is 36.2 Å². The van der Waals surface area contributed by atoms with Gasteiger partial charge < -0.3 is 19.7 Å². The molecule has 1 N–H and O–H groups in total. The fraction of sp³-hybridized carbons (Fsp3) is 0.417. The van der Waals surface area contributed by atoms with Crippen LogP contribution < -0.4 is 15.0 Å². The van der Waals surface area contributed by atoms with Gasteiger partial charge in [-0.1, -0.05) is 6.07 Å². The first kappa shape index (κ1) is 21.5. The molecule has 1 saturated heterocycles. The first-order chi connectivity index (χ1) is 16.2. The maximum Gasteiger partial charge on any atom is 0.270 e. The Labute approximate surface area is 191 Å². The summed E-state index contributed by atoms with van der Waals surface area (Å²) in [5.41, 5.74) is 2.71. The van der Waals surface area contributed by atoms with Crippen LogP contribution in [0.4, 0.5) is 10.1 Å². The molecule has 0 bridgehead atoms. The Kier molecular flexibility index (Phi) is 6.30. The molecule has 2 aliphatic rings. The highest BCUT2D eigenvalue weighted by Gasteiger charge is 2.25. The third-order valence-electron chi connectivity index (χ3n) is 6.15. The van der Waals surface area contributed by atoms with Crippen LogP contribution in [-0.4, -0.2) is 59.3 Å². The zero-order valence-electron chi connectivity index (χ0n) is 18.2. The number of carbonyl (C=O) groups excluding carboxylic acids is 1. The van der Waals surface area contributed by atoms with Gasteiger partial charge in [0.25, 0.3) is 5.91 Å². The number of ether oxygens (including phenoxy) is 2. The minimum absolute atomic E-state index is 0.0126. The molecule has 2 fully saturated rings. The van der Waals surface area contributed by atoms with Crippen molar-refractivity contribution in [2.45, 2.75) is 37.8 Å². The lowest BCUT2D eigenvalue weighted by Gasteiger charge is -2.31. The van der Waals surface area contributed by atoms with Crippen molar-refractivity contribution in [1.29, 1.82) is 0 Å². The van der Waals surface area contributed by atoms with E-state index < -0.39 is 5.95 Å². The molecule has 1 aliphatic heterocycles. The fourth-order valence-electron chi connectivity index (χ4n) is 4.42. The summed E-state index contributed by atoms with van der Waals surface area (Å²) in [6, 6.07) is 8.33. The van der Waals surface area contributed by atoms with Crippen LogP contribution in [0.5, 0.6) is 5.75 Å². The van der Waals surface area contributed by atoms with Gasteiger partial charge in [0, 0.05) is 43.3 Å². The van der Waals surface area contributed by atoms with Gasteiger partial charge in [0.05, 0.1) is 24.8 Å². The van der Waals surface area contributed by atoms with Gasteiger partial charge in [0.15, 0.2) is 0 Å². The molecule has 172 valence electrons. The van der Waals surface area contributed by atoms with Crippen LogP contribution in [0.15, 0.2) is 42.7 Å². The lowest BCUT2D eigenvalue weighted by Crippen LogP contribution is -2.40. The molecule has 0 atom stereocenters. The van der Waals surface area contributed by atoms with Crippen LogP contribution in [0.2, 0.25) is 0 Å². The van der Waals surface area contributed by atoms with Crippen LogP contribution >= 0.6 is 0 Å². The van der Waals surface area contributed by atoms with Crippen molar-refractivity contribution in [3.8, 4) is 5.75 Å². The number of hydrogen-bond acceptors (Lipinski definition) is 7. The van der Waals surface area contributed by atoms with Crippen molar-refractivity contribution in [3.05, 3.63) is 54.4 Å². The van der Waals surface area contributed by atoms with Gasteiger partial charge in [0.1, 0.15) is 17.0 Å². The van der Waals surface area contributed by atoms with E-state index >= 15 is 0 Å². The maximum atomic E-state index is 13.3. The van der Waals surface area contributed by atoms with Gasteiger partial charge >= 0.3 is 0 Å². The average molecular weight is 452 g/mol. The van der Waals surface area contributed by atoms with E-state index in [0.717, 1.165) is 61.2 Å². The van der Waals surface area contributed by atoms with Crippen molar-refractivity contribution in [3.63, 3.8) is 0 Å². The number of amides is 1. The van der Waals surface area contributed by atoms with Gasteiger partial charge in [-0.15, -0.1) is 0 Å². The van der Waals surface area contributed by atoms with E-state index in [1.807, 2.05) is 12.1 Å². The first-order valence-electron chi connectivity index (χ1n) is 11.3. The monoisotopic (exact) mass is 451 g/mol. The van der Waals surface area contributed by atoms with E-state index in [1.165, 1.54) is 18.2 Å². The van der Waals surface area contributed by atoms with Crippen LogP contribution in [0.3, 0.4) is 0 Å². The zero-order chi connectivity index (χ0) is 22.6. The van der Waals surface area contributed by atoms with E-state index in [-0.39, 0.29) is 23.7 Å².